The Balaban J connectivity index is 0.00000484. The molecule has 0 aliphatic rings. The van der Waals surface area contributed by atoms with Crippen LogP contribution in [-0.4, -0.2) is 38.3 Å². The van der Waals surface area contributed by atoms with Crippen LogP contribution in [0.4, 0.5) is 0 Å². The van der Waals surface area contributed by atoms with Crippen LogP contribution in [-0.2, 0) is 16.0 Å². The molecule has 0 aliphatic heterocycles. The zero-order valence-corrected chi connectivity index (χ0v) is 15.1. The fraction of sp³-hybridized carbons (Fsp3) is 0.588. The number of carbonyl (C=O) groups is 1. The highest BCUT2D eigenvalue weighted by atomic mass is 35.5. The minimum absolute atomic E-state index is 0. The van der Waals surface area contributed by atoms with Crippen LogP contribution < -0.4 is 15.8 Å². The maximum atomic E-state index is 11.6. The fourth-order valence-corrected chi connectivity index (χ4v) is 1.81. The van der Waals surface area contributed by atoms with Crippen molar-refractivity contribution < 1.29 is 14.3 Å². The third kappa shape index (κ3) is 11.0. The van der Waals surface area contributed by atoms with Crippen LogP contribution >= 0.6 is 12.4 Å². The summed E-state index contributed by atoms with van der Waals surface area (Å²) in [7, 11) is 1.70. The number of amides is 1. The number of rotatable bonds is 10. The molecule has 0 spiro atoms. The highest BCUT2D eigenvalue weighted by molar-refractivity contribution is 5.85. The van der Waals surface area contributed by atoms with E-state index in [0.29, 0.717) is 26.0 Å². The molecule has 0 unspecified atom stereocenters. The third-order valence-electron chi connectivity index (χ3n) is 3.08. The summed E-state index contributed by atoms with van der Waals surface area (Å²) < 4.78 is 10.7. The van der Waals surface area contributed by atoms with Crippen molar-refractivity contribution >= 4 is 18.3 Å². The van der Waals surface area contributed by atoms with Gasteiger partial charge in [-0.3, -0.25) is 4.79 Å². The number of nitrogens with two attached hydrogens (primary N) is 1. The van der Waals surface area contributed by atoms with Crippen LogP contribution in [0.25, 0.3) is 0 Å². The molecule has 0 radical (unpaired) electrons. The monoisotopic (exact) mass is 344 g/mol. The maximum absolute atomic E-state index is 11.6. The van der Waals surface area contributed by atoms with Crippen LogP contribution in [0, 0.1) is 0 Å². The Bertz CT molecular complexity index is 444. The molecule has 23 heavy (non-hydrogen) atoms. The van der Waals surface area contributed by atoms with Crippen molar-refractivity contribution in [2.45, 2.75) is 38.6 Å². The standard InChI is InChI=1S/C17H28N2O3.ClH/c1-17(2,18)13-19-16(20)5-4-11-22-15-8-6-14(7-9-15)10-12-21-3;/h6-9H,4-5,10-13,18H2,1-3H3,(H,19,20);1H. The number of nitrogens with one attached hydrogen (secondary N) is 1. The second kappa shape index (κ2) is 11.3. The summed E-state index contributed by atoms with van der Waals surface area (Å²) in [6.07, 6.45) is 2.03. The quantitative estimate of drug-likeness (QED) is 0.639. The molecule has 1 amide bonds. The van der Waals surface area contributed by atoms with E-state index >= 15 is 0 Å². The number of carbonyl (C=O) groups excluding carboxylic acids is 1. The molecule has 0 bridgehead atoms. The molecule has 132 valence electrons. The minimum atomic E-state index is -0.378. The van der Waals surface area contributed by atoms with Gasteiger partial charge < -0.3 is 20.5 Å². The molecular formula is C17H29ClN2O3. The van der Waals surface area contributed by atoms with Crippen molar-refractivity contribution in [2.24, 2.45) is 5.73 Å². The lowest BCUT2D eigenvalue weighted by Crippen LogP contribution is -2.45. The molecule has 1 aromatic carbocycles. The van der Waals surface area contributed by atoms with E-state index < -0.39 is 0 Å². The van der Waals surface area contributed by atoms with Crippen molar-refractivity contribution in [3.8, 4) is 5.75 Å². The fourth-order valence-electron chi connectivity index (χ4n) is 1.81. The van der Waals surface area contributed by atoms with E-state index in [9.17, 15) is 4.79 Å². The van der Waals surface area contributed by atoms with E-state index in [2.05, 4.69) is 5.32 Å². The number of ether oxygens (including phenoxy) is 2. The molecule has 6 heteroatoms. The van der Waals surface area contributed by atoms with Crippen LogP contribution in [0.1, 0.15) is 32.3 Å². The second-order valence-corrected chi connectivity index (χ2v) is 6.10. The topological polar surface area (TPSA) is 73.6 Å². The lowest BCUT2D eigenvalue weighted by atomic mass is 10.1. The van der Waals surface area contributed by atoms with Gasteiger partial charge in [-0.15, -0.1) is 12.4 Å². The van der Waals surface area contributed by atoms with Gasteiger partial charge in [-0.1, -0.05) is 12.1 Å². The Morgan fingerprint density at radius 1 is 1.22 bits per heavy atom. The van der Waals surface area contributed by atoms with E-state index in [1.165, 1.54) is 5.56 Å². The summed E-state index contributed by atoms with van der Waals surface area (Å²) >= 11 is 0. The predicted molar refractivity (Wildman–Crippen MR) is 95.3 cm³/mol. The lowest BCUT2D eigenvalue weighted by molar-refractivity contribution is -0.121. The van der Waals surface area contributed by atoms with E-state index in [1.807, 2.05) is 38.1 Å². The van der Waals surface area contributed by atoms with E-state index in [4.69, 9.17) is 15.2 Å². The highest BCUT2D eigenvalue weighted by Crippen LogP contribution is 2.13. The second-order valence-electron chi connectivity index (χ2n) is 6.10. The van der Waals surface area contributed by atoms with Crippen LogP contribution in [0.3, 0.4) is 0 Å². The molecule has 0 fully saturated rings. The molecule has 0 saturated heterocycles. The summed E-state index contributed by atoms with van der Waals surface area (Å²) in [5.74, 6) is 0.835. The van der Waals surface area contributed by atoms with Crippen molar-refractivity contribution in [1.82, 2.24) is 5.32 Å². The molecule has 1 aromatic rings. The molecule has 0 aromatic heterocycles. The number of halogens is 1. The first kappa shape index (κ1) is 21.7. The first-order valence-corrected chi connectivity index (χ1v) is 7.67. The van der Waals surface area contributed by atoms with Gasteiger partial charge in [0.05, 0.1) is 13.2 Å². The van der Waals surface area contributed by atoms with E-state index in [1.54, 1.807) is 7.11 Å². The molecule has 1 rings (SSSR count). The summed E-state index contributed by atoms with van der Waals surface area (Å²) in [6, 6.07) is 7.96. The largest absolute Gasteiger partial charge is 0.494 e. The Kier molecular flexibility index (Phi) is 10.6. The first-order valence-electron chi connectivity index (χ1n) is 7.67. The smallest absolute Gasteiger partial charge is 0.220 e. The average Bonchev–Trinajstić information content (AvgIpc) is 2.48. The molecule has 5 nitrogen and oxygen atoms in total. The van der Waals surface area contributed by atoms with Gasteiger partial charge in [-0.05, 0) is 44.4 Å². The van der Waals surface area contributed by atoms with Crippen molar-refractivity contribution in [3.05, 3.63) is 29.8 Å². The van der Waals surface area contributed by atoms with E-state index in [0.717, 1.165) is 18.8 Å². The van der Waals surface area contributed by atoms with Gasteiger partial charge in [0.15, 0.2) is 0 Å². The summed E-state index contributed by atoms with van der Waals surface area (Å²) in [6.45, 7) is 5.49. The van der Waals surface area contributed by atoms with Gasteiger partial charge in [-0.2, -0.15) is 0 Å². The van der Waals surface area contributed by atoms with Gasteiger partial charge in [0.2, 0.25) is 5.91 Å². The van der Waals surface area contributed by atoms with Crippen molar-refractivity contribution in [2.75, 3.05) is 26.9 Å². The zero-order chi connectivity index (χ0) is 16.4. The number of hydrogen-bond acceptors (Lipinski definition) is 4. The predicted octanol–water partition coefficient (Wildman–Crippen LogP) is 2.31. The normalized spacial score (nSPS) is 10.8. The van der Waals surface area contributed by atoms with Gasteiger partial charge in [0.25, 0.3) is 0 Å². The van der Waals surface area contributed by atoms with Crippen LogP contribution in [0.5, 0.6) is 5.75 Å². The summed E-state index contributed by atoms with van der Waals surface area (Å²) in [5.41, 5.74) is 6.65. The van der Waals surface area contributed by atoms with Crippen molar-refractivity contribution in [3.63, 3.8) is 0 Å². The molecule has 0 aliphatic carbocycles. The average molecular weight is 345 g/mol. The van der Waals surface area contributed by atoms with Crippen molar-refractivity contribution in [1.29, 1.82) is 0 Å². The van der Waals surface area contributed by atoms with Crippen LogP contribution in [0.2, 0.25) is 0 Å². The Labute approximate surface area is 145 Å². The molecule has 3 N–H and O–H groups in total. The van der Waals surface area contributed by atoms with Gasteiger partial charge in [-0.25, -0.2) is 0 Å². The zero-order valence-electron chi connectivity index (χ0n) is 14.3. The van der Waals surface area contributed by atoms with Gasteiger partial charge >= 0.3 is 0 Å². The molecular weight excluding hydrogens is 316 g/mol. The van der Waals surface area contributed by atoms with Crippen LogP contribution in [0.15, 0.2) is 24.3 Å². The Morgan fingerprint density at radius 2 is 1.87 bits per heavy atom. The molecule has 0 atom stereocenters. The number of hydrogen-bond donors (Lipinski definition) is 2. The van der Waals surface area contributed by atoms with E-state index in [-0.39, 0.29) is 23.9 Å². The Morgan fingerprint density at radius 3 is 2.43 bits per heavy atom. The SMILES string of the molecule is COCCc1ccc(OCCCC(=O)NCC(C)(C)N)cc1.Cl. The molecule has 0 saturated carbocycles. The van der Waals surface area contributed by atoms with Gasteiger partial charge in [0, 0.05) is 25.6 Å². The first-order chi connectivity index (χ1) is 10.4. The summed E-state index contributed by atoms with van der Waals surface area (Å²) in [5, 5.41) is 2.82. The maximum Gasteiger partial charge on any atom is 0.220 e. The summed E-state index contributed by atoms with van der Waals surface area (Å²) in [4.78, 5) is 11.6. The lowest BCUT2D eigenvalue weighted by Gasteiger charge is -2.18. The highest BCUT2D eigenvalue weighted by Gasteiger charge is 2.11. The minimum Gasteiger partial charge on any atom is -0.494 e. The Hall–Kier alpha value is -1.30. The number of methoxy groups -OCH3 is 1. The third-order valence-corrected chi connectivity index (χ3v) is 3.08. The number of benzene rings is 1. The molecule has 0 heterocycles. The van der Waals surface area contributed by atoms with Gasteiger partial charge in [0.1, 0.15) is 5.75 Å².